The Labute approximate surface area is 81.7 Å². The largest absolute Gasteiger partial charge is 1.00 e. The van der Waals surface area contributed by atoms with Crippen LogP contribution in [0.25, 0.3) is 0 Å². The second kappa shape index (κ2) is 4.55. The summed E-state index contributed by atoms with van der Waals surface area (Å²) in [6.45, 7) is 4.11. The average molecular weight is 148 g/mol. The molecule has 11 heavy (non-hydrogen) atoms. The van der Waals surface area contributed by atoms with Gasteiger partial charge >= 0.3 is 18.9 Å². The van der Waals surface area contributed by atoms with Crippen LogP contribution in [0.5, 0.6) is 0 Å². The molecule has 0 radical (unpaired) electrons. The Hall–Kier alpha value is 0.557. The van der Waals surface area contributed by atoms with Gasteiger partial charge in [-0.1, -0.05) is 51.9 Å². The Balaban J connectivity index is 0.000001000. The summed E-state index contributed by atoms with van der Waals surface area (Å²) in [7, 11) is 0. The summed E-state index contributed by atoms with van der Waals surface area (Å²) in [6.07, 6.45) is 5.40. The zero-order chi connectivity index (χ0) is 7.61. The van der Waals surface area contributed by atoms with E-state index in [2.05, 4.69) is 13.8 Å². The van der Waals surface area contributed by atoms with Gasteiger partial charge in [-0.25, -0.2) is 0 Å². The quantitative estimate of drug-likeness (QED) is 0.424. The molecule has 0 aromatic heterocycles. The number of rotatable bonds is 1. The van der Waals surface area contributed by atoms with Gasteiger partial charge in [-0.05, 0) is 0 Å². The summed E-state index contributed by atoms with van der Waals surface area (Å²) in [5.41, 5.74) is -0.571. The van der Waals surface area contributed by atoms with Crippen LogP contribution >= 0.6 is 0 Å². The second-order valence-corrected chi connectivity index (χ2v) is 3.78. The molecule has 60 valence electrons. The van der Waals surface area contributed by atoms with E-state index in [9.17, 15) is 5.11 Å². The first kappa shape index (κ1) is 11.6. The first-order valence-electron chi connectivity index (χ1n) is 4.35. The Bertz CT molecular complexity index is 106. The van der Waals surface area contributed by atoms with Gasteiger partial charge < -0.3 is 5.11 Å². The fraction of sp³-hybridized carbons (Fsp3) is 1.00. The SMILES string of the molecule is CC(C)C1([O-])CCCCC1.[Li+]. The van der Waals surface area contributed by atoms with Crippen LogP contribution in [0.3, 0.4) is 0 Å². The molecule has 1 aliphatic carbocycles. The normalized spacial score (nSPS) is 22.9. The van der Waals surface area contributed by atoms with E-state index in [0.717, 1.165) is 25.7 Å². The van der Waals surface area contributed by atoms with Gasteiger partial charge in [-0.2, -0.15) is 0 Å². The summed E-state index contributed by atoms with van der Waals surface area (Å²) >= 11 is 0. The van der Waals surface area contributed by atoms with Crippen molar-refractivity contribution in [3.8, 4) is 0 Å². The van der Waals surface area contributed by atoms with Gasteiger partial charge in [0.25, 0.3) is 0 Å². The van der Waals surface area contributed by atoms with E-state index in [1.165, 1.54) is 6.42 Å². The Morgan fingerprint density at radius 1 is 1.09 bits per heavy atom. The maximum absolute atomic E-state index is 11.8. The van der Waals surface area contributed by atoms with Gasteiger partial charge in [0.05, 0.1) is 0 Å². The van der Waals surface area contributed by atoms with Crippen molar-refractivity contribution in [3.05, 3.63) is 0 Å². The zero-order valence-electron chi connectivity index (χ0n) is 8.02. The van der Waals surface area contributed by atoms with Crippen LogP contribution in [0.1, 0.15) is 46.0 Å². The molecule has 1 nitrogen and oxygen atoms in total. The summed E-state index contributed by atoms with van der Waals surface area (Å²) in [4.78, 5) is 0. The van der Waals surface area contributed by atoms with E-state index in [0.29, 0.717) is 5.92 Å². The molecular weight excluding hydrogens is 131 g/mol. The minimum atomic E-state index is -0.571. The summed E-state index contributed by atoms with van der Waals surface area (Å²) in [5, 5.41) is 11.8. The molecule has 1 rings (SSSR count). The molecule has 0 aromatic rings. The summed E-state index contributed by atoms with van der Waals surface area (Å²) in [5.74, 6) is 0.327. The maximum Gasteiger partial charge on any atom is 1.00 e. The third-order valence-electron chi connectivity index (χ3n) is 2.75. The van der Waals surface area contributed by atoms with Gasteiger partial charge in [-0.3, -0.25) is 0 Å². The molecule has 0 N–H and O–H groups in total. The van der Waals surface area contributed by atoms with Gasteiger partial charge in [-0.15, -0.1) is 5.60 Å². The van der Waals surface area contributed by atoms with E-state index in [-0.39, 0.29) is 18.9 Å². The maximum atomic E-state index is 11.8. The molecule has 0 heterocycles. The first-order valence-corrected chi connectivity index (χ1v) is 4.35. The van der Waals surface area contributed by atoms with Gasteiger partial charge in [0.15, 0.2) is 0 Å². The van der Waals surface area contributed by atoms with E-state index >= 15 is 0 Å². The molecule has 1 aliphatic rings. The molecule has 0 saturated heterocycles. The van der Waals surface area contributed by atoms with Crippen molar-refractivity contribution in [2.45, 2.75) is 51.6 Å². The second-order valence-electron chi connectivity index (χ2n) is 3.78. The number of hydrogen-bond acceptors (Lipinski definition) is 1. The van der Waals surface area contributed by atoms with Crippen molar-refractivity contribution in [1.82, 2.24) is 0 Å². The monoisotopic (exact) mass is 148 g/mol. The molecule has 0 bridgehead atoms. The van der Waals surface area contributed by atoms with Crippen LogP contribution in [0.15, 0.2) is 0 Å². The Morgan fingerprint density at radius 3 is 1.82 bits per heavy atom. The zero-order valence-corrected chi connectivity index (χ0v) is 8.02. The van der Waals surface area contributed by atoms with Crippen LogP contribution in [-0.4, -0.2) is 5.60 Å². The van der Waals surface area contributed by atoms with Crippen LogP contribution < -0.4 is 24.0 Å². The molecule has 0 aliphatic heterocycles. The van der Waals surface area contributed by atoms with Gasteiger partial charge in [0, 0.05) is 0 Å². The molecule has 2 heteroatoms. The number of hydrogen-bond donors (Lipinski definition) is 0. The van der Waals surface area contributed by atoms with Crippen LogP contribution in [0, 0.1) is 5.92 Å². The van der Waals surface area contributed by atoms with Gasteiger partial charge in [0.2, 0.25) is 0 Å². The van der Waals surface area contributed by atoms with E-state index in [4.69, 9.17) is 0 Å². The van der Waals surface area contributed by atoms with Crippen LogP contribution in [0.2, 0.25) is 0 Å². The average Bonchev–Trinajstić information content (AvgIpc) is 1.89. The van der Waals surface area contributed by atoms with Crippen molar-refractivity contribution in [1.29, 1.82) is 0 Å². The first-order chi connectivity index (χ1) is 4.65. The molecule has 0 aromatic carbocycles. The van der Waals surface area contributed by atoms with Gasteiger partial charge in [0.1, 0.15) is 0 Å². The Morgan fingerprint density at radius 2 is 1.55 bits per heavy atom. The van der Waals surface area contributed by atoms with E-state index in [1.54, 1.807) is 0 Å². The topological polar surface area (TPSA) is 23.1 Å². The van der Waals surface area contributed by atoms with Crippen LogP contribution in [-0.2, 0) is 0 Å². The smallest absolute Gasteiger partial charge is 0.849 e. The van der Waals surface area contributed by atoms with Crippen molar-refractivity contribution in [3.63, 3.8) is 0 Å². The predicted molar refractivity (Wildman–Crippen MR) is 40.7 cm³/mol. The molecule has 0 atom stereocenters. The fourth-order valence-electron chi connectivity index (χ4n) is 1.73. The fourth-order valence-corrected chi connectivity index (χ4v) is 1.73. The molecule has 0 spiro atoms. The minimum absolute atomic E-state index is 0. The summed E-state index contributed by atoms with van der Waals surface area (Å²) in [6, 6.07) is 0. The standard InChI is InChI=1S/C9H17O.Li/c1-8(2)9(10)6-4-3-5-7-9;/h8H,3-7H2,1-2H3;/q-1;+1. The predicted octanol–water partition coefficient (Wildman–Crippen LogP) is -1.29. The van der Waals surface area contributed by atoms with E-state index in [1.807, 2.05) is 0 Å². The molecular formula is C9H17LiO. The summed E-state index contributed by atoms with van der Waals surface area (Å²) < 4.78 is 0. The third-order valence-corrected chi connectivity index (χ3v) is 2.75. The van der Waals surface area contributed by atoms with Crippen molar-refractivity contribution >= 4 is 0 Å². The van der Waals surface area contributed by atoms with Crippen molar-refractivity contribution in [2.75, 3.05) is 0 Å². The molecule has 0 unspecified atom stereocenters. The third kappa shape index (κ3) is 2.82. The van der Waals surface area contributed by atoms with E-state index < -0.39 is 5.60 Å². The molecule has 1 fully saturated rings. The van der Waals surface area contributed by atoms with Crippen LogP contribution in [0.4, 0.5) is 0 Å². The van der Waals surface area contributed by atoms with Crippen molar-refractivity contribution < 1.29 is 24.0 Å². The Kier molecular flexibility index (Phi) is 4.78. The minimum Gasteiger partial charge on any atom is -0.849 e. The molecule has 1 saturated carbocycles. The van der Waals surface area contributed by atoms with Crippen molar-refractivity contribution in [2.24, 2.45) is 5.92 Å². The molecule has 0 amide bonds.